The lowest BCUT2D eigenvalue weighted by Crippen LogP contribution is -2.40. The van der Waals surface area contributed by atoms with Crippen LogP contribution in [0.25, 0.3) is 16.8 Å². The second-order valence-electron chi connectivity index (χ2n) is 7.02. The molecule has 5 rings (SSSR count). The third-order valence-electron chi connectivity index (χ3n) is 4.90. The molecule has 0 radical (unpaired) electrons. The molecule has 2 aromatic heterocycles. The fourth-order valence-electron chi connectivity index (χ4n) is 3.36. The fourth-order valence-corrected chi connectivity index (χ4v) is 4.05. The lowest BCUT2D eigenvalue weighted by atomic mass is 10.1. The fraction of sp³-hybridized carbons (Fsp3) is 0.130. The van der Waals surface area contributed by atoms with Gasteiger partial charge >= 0.3 is 0 Å². The van der Waals surface area contributed by atoms with Gasteiger partial charge in [-0.1, -0.05) is 53.7 Å². The smallest absolute Gasteiger partial charge is 0.257 e. The zero-order valence-electron chi connectivity index (χ0n) is 16.2. The highest BCUT2D eigenvalue weighted by Crippen LogP contribution is 2.33. The average Bonchev–Trinajstić information content (AvgIpc) is 3.51. The van der Waals surface area contributed by atoms with Gasteiger partial charge in [0.1, 0.15) is 17.3 Å². The molecule has 6 nitrogen and oxygen atoms in total. The molecule has 150 valence electrons. The number of benzene rings is 2. The Labute approximate surface area is 177 Å². The van der Waals surface area contributed by atoms with Crippen molar-refractivity contribution in [2.75, 3.05) is 5.75 Å². The number of aryl methyl sites for hydroxylation is 1. The molecular weight excluding hydrogens is 398 g/mol. The first kappa shape index (κ1) is 18.6. The maximum Gasteiger partial charge on any atom is 0.257 e. The van der Waals surface area contributed by atoms with Crippen LogP contribution in [0.4, 0.5) is 0 Å². The quantitative estimate of drug-likeness (QED) is 0.463. The molecule has 4 aromatic rings. The van der Waals surface area contributed by atoms with Crippen molar-refractivity contribution < 1.29 is 13.6 Å². The average molecular weight is 417 g/mol. The molecule has 0 saturated heterocycles. The van der Waals surface area contributed by atoms with Gasteiger partial charge in [0.25, 0.3) is 11.1 Å². The van der Waals surface area contributed by atoms with Crippen LogP contribution in [0.5, 0.6) is 0 Å². The molecule has 0 aliphatic carbocycles. The summed E-state index contributed by atoms with van der Waals surface area (Å²) in [5.41, 5.74) is 7.81. The molecule has 3 heterocycles. The van der Waals surface area contributed by atoms with Crippen LogP contribution >= 0.6 is 11.8 Å². The summed E-state index contributed by atoms with van der Waals surface area (Å²) in [7, 11) is 0. The number of hydrazine groups is 1. The number of rotatable bonds is 5. The van der Waals surface area contributed by atoms with Gasteiger partial charge in [0.2, 0.25) is 0 Å². The van der Waals surface area contributed by atoms with E-state index in [2.05, 4.69) is 10.4 Å². The van der Waals surface area contributed by atoms with E-state index >= 15 is 0 Å². The van der Waals surface area contributed by atoms with E-state index in [1.165, 1.54) is 17.3 Å². The van der Waals surface area contributed by atoms with Gasteiger partial charge in [-0.15, -0.1) is 0 Å². The summed E-state index contributed by atoms with van der Waals surface area (Å²) in [4.78, 5) is 17.5. The van der Waals surface area contributed by atoms with Crippen molar-refractivity contribution in [3.8, 4) is 0 Å². The molecule has 1 aliphatic rings. The van der Waals surface area contributed by atoms with Crippen molar-refractivity contribution in [3.63, 3.8) is 0 Å². The van der Waals surface area contributed by atoms with Crippen LogP contribution in [-0.4, -0.2) is 21.7 Å². The number of oxazole rings is 1. The normalized spacial score (nSPS) is 16.0. The molecule has 1 amide bonds. The summed E-state index contributed by atoms with van der Waals surface area (Å²) in [5.74, 6) is 0.790. The second-order valence-corrected chi connectivity index (χ2v) is 7.94. The van der Waals surface area contributed by atoms with Crippen LogP contribution in [0, 0.1) is 6.92 Å². The van der Waals surface area contributed by atoms with E-state index in [4.69, 9.17) is 8.83 Å². The van der Waals surface area contributed by atoms with Gasteiger partial charge in [-0.05, 0) is 42.8 Å². The van der Waals surface area contributed by atoms with Crippen LogP contribution in [0.2, 0.25) is 0 Å². The monoisotopic (exact) mass is 417 g/mol. The summed E-state index contributed by atoms with van der Waals surface area (Å²) in [5, 5.41) is 2.08. The first-order valence-electron chi connectivity index (χ1n) is 9.57. The summed E-state index contributed by atoms with van der Waals surface area (Å²) >= 11 is 1.28. The van der Waals surface area contributed by atoms with Crippen LogP contribution in [0.1, 0.15) is 22.9 Å². The Morgan fingerprint density at radius 1 is 1.13 bits per heavy atom. The standard InChI is InChI=1S/C23H19N3O3S/c1-15-8-10-16(11-9-15)18-13-19(21-7-4-12-28-21)26(25-18)22(27)14-30-23-24-17-5-2-3-6-20(17)29-23/h2-13,19,25H,14H2,1H3/t19-/m1/s1. The maximum atomic E-state index is 13.1. The lowest BCUT2D eigenvalue weighted by Gasteiger charge is -2.23. The molecule has 1 aliphatic heterocycles. The SMILES string of the molecule is Cc1ccc(C2=C[C@H](c3ccco3)N(C(=O)CSc3nc4ccccc4o3)N2)cc1. The van der Waals surface area contributed by atoms with Crippen molar-refractivity contribution in [3.05, 3.63) is 89.9 Å². The van der Waals surface area contributed by atoms with Crippen molar-refractivity contribution in [2.24, 2.45) is 0 Å². The van der Waals surface area contributed by atoms with Crippen LogP contribution in [0.3, 0.4) is 0 Å². The Bertz CT molecular complexity index is 1180. The van der Waals surface area contributed by atoms with Crippen molar-refractivity contribution in [1.29, 1.82) is 0 Å². The van der Waals surface area contributed by atoms with Crippen LogP contribution in [0.15, 0.2) is 87.1 Å². The van der Waals surface area contributed by atoms with E-state index in [-0.39, 0.29) is 17.7 Å². The van der Waals surface area contributed by atoms with Gasteiger partial charge < -0.3 is 8.83 Å². The third-order valence-corrected chi connectivity index (χ3v) is 5.72. The molecule has 0 unspecified atom stereocenters. The van der Waals surface area contributed by atoms with Crippen molar-refractivity contribution in [1.82, 2.24) is 15.4 Å². The zero-order valence-corrected chi connectivity index (χ0v) is 17.1. The molecule has 30 heavy (non-hydrogen) atoms. The van der Waals surface area contributed by atoms with Crippen LogP contribution < -0.4 is 5.43 Å². The number of thioether (sulfide) groups is 1. The number of furan rings is 1. The van der Waals surface area contributed by atoms with Crippen molar-refractivity contribution >= 4 is 34.5 Å². The Kier molecular flexibility index (Phi) is 4.80. The topological polar surface area (TPSA) is 71.5 Å². The predicted octanol–water partition coefficient (Wildman–Crippen LogP) is 4.95. The van der Waals surface area contributed by atoms with Gasteiger partial charge in [0, 0.05) is 0 Å². The molecule has 0 bridgehead atoms. The number of nitrogens with zero attached hydrogens (tertiary/aromatic N) is 2. The maximum absolute atomic E-state index is 13.1. The number of fused-ring (bicyclic) bond motifs is 1. The van der Waals surface area contributed by atoms with E-state index < -0.39 is 0 Å². The summed E-state index contributed by atoms with van der Waals surface area (Å²) < 4.78 is 11.3. The van der Waals surface area contributed by atoms with Gasteiger partial charge in [-0.3, -0.25) is 10.2 Å². The molecule has 0 spiro atoms. The van der Waals surface area contributed by atoms with Crippen molar-refractivity contribution in [2.45, 2.75) is 18.2 Å². The molecular formula is C23H19N3O3S. The number of hydrogen-bond donors (Lipinski definition) is 1. The Hall–Kier alpha value is -3.45. The highest BCUT2D eigenvalue weighted by molar-refractivity contribution is 7.99. The number of para-hydroxylation sites is 2. The van der Waals surface area contributed by atoms with E-state index in [9.17, 15) is 4.79 Å². The minimum absolute atomic E-state index is 0.0954. The van der Waals surface area contributed by atoms with Gasteiger partial charge in [-0.2, -0.15) is 0 Å². The number of nitrogens with one attached hydrogen (secondary N) is 1. The zero-order chi connectivity index (χ0) is 20.5. The molecule has 1 N–H and O–H groups in total. The minimum atomic E-state index is -0.326. The highest BCUT2D eigenvalue weighted by atomic mass is 32.2. The Morgan fingerprint density at radius 3 is 2.73 bits per heavy atom. The number of amides is 1. The van der Waals surface area contributed by atoms with Gasteiger partial charge in [0.05, 0.1) is 17.7 Å². The molecule has 0 saturated carbocycles. The highest BCUT2D eigenvalue weighted by Gasteiger charge is 2.32. The number of aromatic nitrogens is 1. The summed E-state index contributed by atoms with van der Waals surface area (Å²) in [6.45, 7) is 2.05. The summed E-state index contributed by atoms with van der Waals surface area (Å²) in [6, 6.07) is 19.1. The van der Waals surface area contributed by atoms with Gasteiger partial charge in [-0.25, -0.2) is 9.99 Å². The van der Waals surface area contributed by atoms with E-state index in [1.807, 2.05) is 73.7 Å². The number of carbonyl (C=O) groups excluding carboxylic acids is 1. The minimum Gasteiger partial charge on any atom is -0.467 e. The van der Waals surface area contributed by atoms with E-state index in [0.29, 0.717) is 16.6 Å². The third kappa shape index (κ3) is 3.59. The number of carbonyl (C=O) groups is 1. The van der Waals surface area contributed by atoms with E-state index in [1.54, 1.807) is 11.3 Å². The molecule has 2 aromatic carbocycles. The number of hydrogen-bond acceptors (Lipinski definition) is 6. The second kappa shape index (κ2) is 7.76. The molecule has 1 atom stereocenters. The van der Waals surface area contributed by atoms with E-state index in [0.717, 1.165) is 16.8 Å². The lowest BCUT2D eigenvalue weighted by molar-refractivity contribution is -0.131. The first-order valence-corrected chi connectivity index (χ1v) is 10.6. The summed E-state index contributed by atoms with van der Waals surface area (Å²) in [6.07, 6.45) is 3.62. The first-order chi connectivity index (χ1) is 14.7. The van der Waals surface area contributed by atoms with Crippen LogP contribution in [-0.2, 0) is 4.79 Å². The molecule has 7 heteroatoms. The Morgan fingerprint density at radius 2 is 1.97 bits per heavy atom. The predicted molar refractivity (Wildman–Crippen MR) is 115 cm³/mol. The Balaban J connectivity index is 1.35. The van der Waals surface area contributed by atoms with Gasteiger partial charge in [0.15, 0.2) is 5.58 Å². The largest absolute Gasteiger partial charge is 0.467 e. The molecule has 0 fully saturated rings.